The third-order valence-electron chi connectivity index (χ3n) is 2.85. The largest absolute Gasteiger partial charge is 0.229 e. The van der Waals surface area contributed by atoms with E-state index in [1.54, 1.807) is 0 Å². The third-order valence-corrected chi connectivity index (χ3v) is 4.43. The summed E-state index contributed by atoms with van der Waals surface area (Å²) in [5.74, 6) is -1.17. The summed E-state index contributed by atoms with van der Waals surface area (Å²) in [5.41, 5.74) is 0.711. The van der Waals surface area contributed by atoms with Crippen LogP contribution < -0.4 is 0 Å². The van der Waals surface area contributed by atoms with Crippen LogP contribution in [0.5, 0.6) is 0 Å². The Morgan fingerprint density at radius 3 is 2.25 bits per heavy atom. The van der Waals surface area contributed by atoms with Crippen LogP contribution in [0.1, 0.15) is 11.5 Å². The van der Waals surface area contributed by atoms with Crippen molar-refractivity contribution in [3.05, 3.63) is 35.6 Å². The lowest BCUT2D eigenvalue weighted by Gasteiger charge is -1.98. The van der Waals surface area contributed by atoms with Crippen LogP contribution in [-0.4, -0.2) is 19.9 Å². The fraction of sp³-hybridized carbons (Fsp3) is 0.364. The van der Waals surface area contributed by atoms with Gasteiger partial charge in [-0.25, -0.2) is 12.8 Å². The Kier molecular flexibility index (Phi) is 2.47. The molecule has 0 amide bonds. The second kappa shape index (κ2) is 3.56. The first-order valence-corrected chi connectivity index (χ1v) is 6.74. The quantitative estimate of drug-likeness (QED) is 0.785. The second-order valence-electron chi connectivity index (χ2n) is 4.03. The van der Waals surface area contributed by atoms with Gasteiger partial charge in [0, 0.05) is 12.2 Å². The van der Waals surface area contributed by atoms with E-state index in [1.165, 1.54) is 24.3 Å². The smallest absolute Gasteiger partial charge is 0.152 e. The fourth-order valence-corrected chi connectivity index (χ4v) is 3.58. The first kappa shape index (κ1) is 11.1. The highest BCUT2D eigenvalue weighted by molar-refractivity contribution is 7.91. The van der Waals surface area contributed by atoms with E-state index < -0.39 is 21.0 Å². The van der Waals surface area contributed by atoms with Gasteiger partial charge in [0.15, 0.2) is 9.84 Å². The summed E-state index contributed by atoms with van der Waals surface area (Å²) in [7, 11) is -3.21. The van der Waals surface area contributed by atoms with Gasteiger partial charge in [0.05, 0.1) is 17.2 Å². The molecule has 0 spiro atoms. The summed E-state index contributed by atoms with van der Waals surface area (Å²) < 4.78 is 35.5. The maximum atomic E-state index is 12.7. The molecule has 1 aromatic rings. The van der Waals surface area contributed by atoms with E-state index in [0.29, 0.717) is 5.56 Å². The van der Waals surface area contributed by atoms with Gasteiger partial charge >= 0.3 is 0 Å². The number of nitriles is 1. The molecule has 5 heteroatoms. The topological polar surface area (TPSA) is 57.9 Å². The van der Waals surface area contributed by atoms with Gasteiger partial charge in [0.2, 0.25) is 0 Å². The molecule has 1 aliphatic carbocycles. The van der Waals surface area contributed by atoms with Crippen LogP contribution in [0.3, 0.4) is 0 Å². The molecule has 2 rings (SSSR count). The molecule has 3 atom stereocenters. The Hall–Kier alpha value is -1.41. The minimum atomic E-state index is -3.21. The zero-order chi connectivity index (χ0) is 11.9. The maximum absolute atomic E-state index is 12.7. The molecule has 16 heavy (non-hydrogen) atoms. The Morgan fingerprint density at radius 2 is 1.88 bits per heavy atom. The van der Waals surface area contributed by atoms with Gasteiger partial charge in [-0.05, 0) is 17.7 Å². The molecule has 0 heterocycles. The van der Waals surface area contributed by atoms with Crippen molar-refractivity contribution in [3.63, 3.8) is 0 Å². The molecule has 1 aromatic carbocycles. The lowest BCUT2D eigenvalue weighted by molar-refractivity contribution is 0.599. The Balaban J connectivity index is 2.31. The van der Waals surface area contributed by atoms with Crippen molar-refractivity contribution in [2.45, 2.75) is 11.2 Å². The molecule has 3 nitrogen and oxygen atoms in total. The van der Waals surface area contributed by atoms with Crippen LogP contribution >= 0.6 is 0 Å². The predicted octanol–water partition coefficient (Wildman–Crippen LogP) is 1.48. The van der Waals surface area contributed by atoms with Gasteiger partial charge in [0.25, 0.3) is 0 Å². The van der Waals surface area contributed by atoms with Gasteiger partial charge in [-0.1, -0.05) is 12.1 Å². The summed E-state index contributed by atoms with van der Waals surface area (Å²) >= 11 is 0. The average Bonchev–Trinajstić information content (AvgIpc) is 2.92. The van der Waals surface area contributed by atoms with Gasteiger partial charge in [-0.2, -0.15) is 5.26 Å². The number of halogens is 1. The molecular formula is C11H10FNO2S. The molecule has 0 aliphatic heterocycles. The van der Waals surface area contributed by atoms with E-state index in [9.17, 15) is 12.8 Å². The van der Waals surface area contributed by atoms with Gasteiger partial charge in [-0.3, -0.25) is 0 Å². The van der Waals surface area contributed by atoms with Crippen molar-refractivity contribution in [2.24, 2.45) is 5.92 Å². The van der Waals surface area contributed by atoms with Crippen molar-refractivity contribution in [1.82, 2.24) is 0 Å². The summed E-state index contributed by atoms with van der Waals surface area (Å²) in [6.07, 6.45) is 1.13. The highest BCUT2D eigenvalue weighted by atomic mass is 32.2. The second-order valence-corrected chi connectivity index (χ2v) is 6.23. The van der Waals surface area contributed by atoms with E-state index in [-0.39, 0.29) is 11.7 Å². The average molecular weight is 239 g/mol. The monoisotopic (exact) mass is 239 g/mol. The SMILES string of the molecule is CS(=O)(=O)[C@H]1[C@H](C#N)[C@@H]1c1ccc(F)cc1. The maximum Gasteiger partial charge on any atom is 0.152 e. The Morgan fingerprint density at radius 1 is 1.31 bits per heavy atom. The number of sulfone groups is 1. The van der Waals surface area contributed by atoms with Crippen LogP contribution in [0, 0.1) is 23.1 Å². The number of hydrogen-bond donors (Lipinski definition) is 0. The summed E-state index contributed by atoms with van der Waals surface area (Å²) in [4.78, 5) is 0. The highest BCUT2D eigenvalue weighted by Crippen LogP contribution is 2.51. The highest BCUT2D eigenvalue weighted by Gasteiger charge is 2.57. The molecular weight excluding hydrogens is 229 g/mol. The van der Waals surface area contributed by atoms with E-state index in [2.05, 4.69) is 0 Å². The van der Waals surface area contributed by atoms with Crippen molar-refractivity contribution in [3.8, 4) is 6.07 Å². The van der Waals surface area contributed by atoms with E-state index in [1.807, 2.05) is 6.07 Å². The molecule has 1 aliphatic rings. The van der Waals surface area contributed by atoms with Crippen LogP contribution in [-0.2, 0) is 9.84 Å². The zero-order valence-electron chi connectivity index (χ0n) is 8.59. The molecule has 0 N–H and O–H groups in total. The van der Waals surface area contributed by atoms with E-state index >= 15 is 0 Å². The first-order chi connectivity index (χ1) is 7.45. The van der Waals surface area contributed by atoms with E-state index in [0.717, 1.165) is 6.26 Å². The van der Waals surface area contributed by atoms with Crippen LogP contribution in [0.2, 0.25) is 0 Å². The van der Waals surface area contributed by atoms with Crippen molar-refractivity contribution >= 4 is 9.84 Å². The lowest BCUT2D eigenvalue weighted by Crippen LogP contribution is -2.06. The Labute approximate surface area is 93.4 Å². The first-order valence-electron chi connectivity index (χ1n) is 4.79. The van der Waals surface area contributed by atoms with Crippen molar-refractivity contribution in [1.29, 1.82) is 5.26 Å². The third kappa shape index (κ3) is 1.81. The molecule has 0 bridgehead atoms. The van der Waals surface area contributed by atoms with Crippen LogP contribution in [0.15, 0.2) is 24.3 Å². The molecule has 0 aromatic heterocycles. The summed E-state index contributed by atoms with van der Waals surface area (Å²) in [5, 5.41) is 8.20. The zero-order valence-corrected chi connectivity index (χ0v) is 9.41. The normalized spacial score (nSPS) is 28.4. The van der Waals surface area contributed by atoms with Gasteiger partial charge < -0.3 is 0 Å². The minimum absolute atomic E-state index is 0.305. The summed E-state index contributed by atoms with van der Waals surface area (Å²) in [6, 6.07) is 7.62. The van der Waals surface area contributed by atoms with Gasteiger partial charge in [-0.15, -0.1) is 0 Å². The number of benzene rings is 1. The molecule has 0 radical (unpaired) electrons. The minimum Gasteiger partial charge on any atom is -0.229 e. The standard InChI is InChI=1S/C11H10FNO2S/c1-16(14,15)11-9(6-13)10(11)7-2-4-8(12)5-3-7/h2-5,9-11H,1H3/t9-,10+,11+/m1/s1. The molecule has 84 valence electrons. The van der Waals surface area contributed by atoms with Crippen molar-refractivity contribution in [2.75, 3.05) is 6.26 Å². The fourth-order valence-electron chi connectivity index (χ4n) is 2.05. The molecule has 0 unspecified atom stereocenters. The van der Waals surface area contributed by atoms with Crippen LogP contribution in [0.25, 0.3) is 0 Å². The summed E-state index contributed by atoms with van der Waals surface area (Å²) in [6.45, 7) is 0. The van der Waals surface area contributed by atoms with Crippen molar-refractivity contribution < 1.29 is 12.8 Å². The molecule has 1 fully saturated rings. The number of rotatable bonds is 2. The van der Waals surface area contributed by atoms with Gasteiger partial charge in [0.1, 0.15) is 5.82 Å². The lowest BCUT2D eigenvalue weighted by atomic mass is 10.1. The van der Waals surface area contributed by atoms with Crippen LogP contribution in [0.4, 0.5) is 4.39 Å². The number of hydrogen-bond acceptors (Lipinski definition) is 3. The Bertz CT molecular complexity index is 544. The van der Waals surface area contributed by atoms with E-state index in [4.69, 9.17) is 5.26 Å². The number of nitrogens with zero attached hydrogens (tertiary/aromatic N) is 1. The predicted molar refractivity (Wildman–Crippen MR) is 56.9 cm³/mol. The molecule has 0 saturated heterocycles. The molecule has 1 saturated carbocycles.